The SMILES string of the molecule is CSCC(C)(O)CNc1cccc(C#N)c1[N+](=O)[O-]. The Bertz CT molecular complexity index is 511. The highest BCUT2D eigenvalue weighted by molar-refractivity contribution is 7.98. The molecule has 0 bridgehead atoms. The first kappa shape index (κ1) is 15.3. The maximum absolute atomic E-state index is 11.0. The molecule has 0 aliphatic rings. The Balaban J connectivity index is 2.96. The summed E-state index contributed by atoms with van der Waals surface area (Å²) in [6, 6.07) is 6.27. The van der Waals surface area contributed by atoms with Crippen LogP contribution in [0.3, 0.4) is 0 Å². The molecule has 1 rings (SSSR count). The van der Waals surface area contributed by atoms with Crippen molar-refractivity contribution >= 4 is 23.1 Å². The van der Waals surface area contributed by atoms with Crippen LogP contribution in [0, 0.1) is 21.4 Å². The van der Waals surface area contributed by atoms with Crippen molar-refractivity contribution in [2.45, 2.75) is 12.5 Å². The van der Waals surface area contributed by atoms with E-state index in [1.807, 2.05) is 6.26 Å². The molecule has 0 amide bonds. The Morgan fingerprint density at radius 1 is 1.63 bits per heavy atom. The van der Waals surface area contributed by atoms with Gasteiger partial charge in [-0.15, -0.1) is 0 Å². The lowest BCUT2D eigenvalue weighted by Gasteiger charge is -2.23. The van der Waals surface area contributed by atoms with Gasteiger partial charge in [-0.2, -0.15) is 17.0 Å². The number of benzene rings is 1. The van der Waals surface area contributed by atoms with E-state index in [-0.39, 0.29) is 23.5 Å². The van der Waals surface area contributed by atoms with E-state index in [0.29, 0.717) is 5.75 Å². The summed E-state index contributed by atoms with van der Waals surface area (Å²) in [5.41, 5.74) is -0.995. The highest BCUT2D eigenvalue weighted by Crippen LogP contribution is 2.28. The monoisotopic (exact) mass is 281 g/mol. The Morgan fingerprint density at radius 3 is 2.84 bits per heavy atom. The Labute approximate surface area is 115 Å². The zero-order valence-corrected chi connectivity index (χ0v) is 11.5. The number of aliphatic hydroxyl groups is 1. The lowest BCUT2D eigenvalue weighted by Crippen LogP contribution is -2.36. The Hall–Kier alpha value is -1.78. The van der Waals surface area contributed by atoms with Crippen molar-refractivity contribution in [1.82, 2.24) is 0 Å². The highest BCUT2D eigenvalue weighted by atomic mass is 32.2. The quantitative estimate of drug-likeness (QED) is 0.611. The smallest absolute Gasteiger partial charge is 0.309 e. The van der Waals surface area contributed by atoms with Gasteiger partial charge in [-0.25, -0.2) is 0 Å². The van der Waals surface area contributed by atoms with Gasteiger partial charge in [-0.05, 0) is 25.3 Å². The summed E-state index contributed by atoms with van der Waals surface area (Å²) in [5, 5.41) is 32.7. The van der Waals surface area contributed by atoms with Crippen LogP contribution in [0.25, 0.3) is 0 Å². The maximum Gasteiger partial charge on any atom is 0.309 e. The first-order valence-electron chi connectivity index (χ1n) is 5.54. The molecule has 1 aromatic rings. The number of hydrogen-bond donors (Lipinski definition) is 2. The van der Waals surface area contributed by atoms with E-state index in [0.717, 1.165) is 0 Å². The molecule has 1 unspecified atom stereocenters. The van der Waals surface area contributed by atoms with Crippen molar-refractivity contribution < 1.29 is 10.0 Å². The molecule has 6 nitrogen and oxygen atoms in total. The summed E-state index contributed by atoms with van der Waals surface area (Å²) in [5.74, 6) is 0.506. The third-order valence-corrected chi connectivity index (χ3v) is 3.36. The molecule has 0 saturated heterocycles. The molecule has 0 aliphatic carbocycles. The summed E-state index contributed by atoms with van der Waals surface area (Å²) in [7, 11) is 0. The van der Waals surface area contributed by atoms with Gasteiger partial charge in [0.15, 0.2) is 0 Å². The van der Waals surface area contributed by atoms with Crippen molar-refractivity contribution in [2.24, 2.45) is 0 Å². The zero-order chi connectivity index (χ0) is 14.5. The fraction of sp³-hybridized carbons (Fsp3) is 0.417. The van der Waals surface area contributed by atoms with Crippen molar-refractivity contribution in [3.05, 3.63) is 33.9 Å². The number of thioether (sulfide) groups is 1. The number of anilines is 1. The molecular weight excluding hydrogens is 266 g/mol. The largest absolute Gasteiger partial charge is 0.387 e. The number of para-hydroxylation sites is 1. The molecule has 19 heavy (non-hydrogen) atoms. The third-order valence-electron chi connectivity index (χ3n) is 2.45. The number of hydrogen-bond acceptors (Lipinski definition) is 6. The summed E-state index contributed by atoms with van der Waals surface area (Å²) in [4.78, 5) is 10.4. The standard InChI is InChI=1S/C12H15N3O3S/c1-12(16,8-19-2)7-14-10-5-3-4-9(6-13)11(10)15(17)18/h3-5,14,16H,7-8H2,1-2H3. The lowest BCUT2D eigenvalue weighted by atomic mass is 10.1. The molecule has 2 N–H and O–H groups in total. The van der Waals surface area contributed by atoms with E-state index in [4.69, 9.17) is 5.26 Å². The first-order valence-corrected chi connectivity index (χ1v) is 6.93. The summed E-state index contributed by atoms with van der Waals surface area (Å²) >= 11 is 1.49. The minimum Gasteiger partial charge on any atom is -0.387 e. The zero-order valence-electron chi connectivity index (χ0n) is 10.7. The van der Waals surface area contributed by atoms with Crippen molar-refractivity contribution in [3.8, 4) is 6.07 Å². The van der Waals surface area contributed by atoms with Crippen LogP contribution in [0.4, 0.5) is 11.4 Å². The van der Waals surface area contributed by atoms with Gasteiger partial charge in [0, 0.05) is 12.3 Å². The summed E-state index contributed by atoms with van der Waals surface area (Å²) in [6.45, 7) is 1.82. The fourth-order valence-electron chi connectivity index (χ4n) is 1.62. The molecule has 0 fully saturated rings. The van der Waals surface area contributed by atoms with E-state index < -0.39 is 10.5 Å². The van der Waals surface area contributed by atoms with Gasteiger partial charge in [-0.1, -0.05) is 6.07 Å². The van der Waals surface area contributed by atoms with Crippen LogP contribution < -0.4 is 5.32 Å². The first-order chi connectivity index (χ1) is 8.91. The molecule has 0 radical (unpaired) electrons. The number of nitrogens with one attached hydrogen (secondary N) is 1. The van der Waals surface area contributed by atoms with Crippen molar-refractivity contribution in [3.63, 3.8) is 0 Å². The van der Waals surface area contributed by atoms with Crippen molar-refractivity contribution in [1.29, 1.82) is 5.26 Å². The normalized spacial score (nSPS) is 13.4. The van der Waals surface area contributed by atoms with E-state index in [2.05, 4.69) is 5.32 Å². The van der Waals surface area contributed by atoms with E-state index in [1.165, 1.54) is 23.9 Å². The molecule has 0 aliphatic heterocycles. The van der Waals surface area contributed by atoms with E-state index in [1.54, 1.807) is 19.1 Å². The molecular formula is C12H15N3O3S. The Morgan fingerprint density at radius 2 is 2.32 bits per heavy atom. The van der Waals surface area contributed by atoms with Gasteiger partial charge in [0.05, 0.1) is 10.5 Å². The number of nitro benzene ring substituents is 1. The molecule has 102 valence electrons. The minimum absolute atomic E-state index is 0.000454. The van der Waals surface area contributed by atoms with Gasteiger partial charge >= 0.3 is 5.69 Å². The predicted octanol–water partition coefficient (Wildman–Crippen LogP) is 1.99. The van der Waals surface area contributed by atoms with Gasteiger partial charge < -0.3 is 10.4 Å². The predicted molar refractivity (Wildman–Crippen MR) is 75.3 cm³/mol. The van der Waals surface area contributed by atoms with Gasteiger partial charge in [0.2, 0.25) is 0 Å². The summed E-state index contributed by atoms with van der Waals surface area (Å²) < 4.78 is 0. The van der Waals surface area contributed by atoms with Crippen LogP contribution in [-0.2, 0) is 0 Å². The molecule has 0 spiro atoms. The second kappa shape index (κ2) is 6.41. The third kappa shape index (κ3) is 4.12. The minimum atomic E-state index is -0.976. The molecule has 1 aromatic carbocycles. The average molecular weight is 281 g/mol. The van der Waals surface area contributed by atoms with Crippen LogP contribution in [0.15, 0.2) is 18.2 Å². The average Bonchev–Trinajstić information content (AvgIpc) is 2.35. The number of rotatable bonds is 6. The molecule has 0 aromatic heterocycles. The van der Waals surface area contributed by atoms with Crippen LogP contribution >= 0.6 is 11.8 Å². The van der Waals surface area contributed by atoms with Gasteiger partial charge in [0.1, 0.15) is 17.3 Å². The Kier molecular flexibility index (Phi) is 5.15. The second-order valence-electron chi connectivity index (χ2n) is 4.35. The molecule has 0 heterocycles. The van der Waals surface area contributed by atoms with Crippen molar-refractivity contribution in [2.75, 3.05) is 23.9 Å². The van der Waals surface area contributed by atoms with Crippen LogP contribution in [0.2, 0.25) is 0 Å². The second-order valence-corrected chi connectivity index (χ2v) is 5.22. The summed E-state index contributed by atoms with van der Waals surface area (Å²) in [6.07, 6.45) is 1.87. The lowest BCUT2D eigenvalue weighted by molar-refractivity contribution is -0.384. The van der Waals surface area contributed by atoms with Gasteiger partial charge in [-0.3, -0.25) is 10.1 Å². The molecule has 1 atom stereocenters. The van der Waals surface area contributed by atoms with Crippen LogP contribution in [0.5, 0.6) is 0 Å². The van der Waals surface area contributed by atoms with E-state index >= 15 is 0 Å². The topological polar surface area (TPSA) is 99.2 Å². The van der Waals surface area contributed by atoms with Gasteiger partial charge in [0.25, 0.3) is 0 Å². The van der Waals surface area contributed by atoms with Crippen LogP contribution in [0.1, 0.15) is 12.5 Å². The number of nitriles is 1. The van der Waals surface area contributed by atoms with Crippen LogP contribution in [-0.4, -0.2) is 34.2 Å². The fourth-order valence-corrected chi connectivity index (χ4v) is 2.34. The molecule has 7 heteroatoms. The van der Waals surface area contributed by atoms with E-state index in [9.17, 15) is 15.2 Å². The highest BCUT2D eigenvalue weighted by Gasteiger charge is 2.23. The maximum atomic E-state index is 11.0. The molecule has 0 saturated carbocycles. The number of nitrogens with zero attached hydrogens (tertiary/aromatic N) is 2. The number of nitro groups is 1.